The topological polar surface area (TPSA) is 208 Å². The van der Waals surface area contributed by atoms with Gasteiger partial charge in [-0.1, -0.05) is 32.4 Å². The number of fused-ring (bicyclic) bond motifs is 3. The molecule has 6 rings (SSSR count). The molecule has 0 radical (unpaired) electrons. The van der Waals surface area contributed by atoms with E-state index in [2.05, 4.69) is 30.3 Å². The molecule has 20 heteroatoms. The van der Waals surface area contributed by atoms with Gasteiger partial charge >= 0.3 is 12.3 Å². The Hall–Kier alpha value is -4.75. The van der Waals surface area contributed by atoms with Crippen LogP contribution in [0.25, 0.3) is 11.0 Å². The first-order valence-electron chi connectivity index (χ1n) is 19.4. The second-order valence-electron chi connectivity index (χ2n) is 16.7. The summed E-state index contributed by atoms with van der Waals surface area (Å²) in [6.45, 7) is 8.41. The molecule has 2 aliphatic carbocycles. The number of nitrogens with zero attached hydrogens (tertiary/aromatic N) is 4. The van der Waals surface area contributed by atoms with Gasteiger partial charge in [0.2, 0.25) is 39.3 Å². The van der Waals surface area contributed by atoms with Gasteiger partial charge < -0.3 is 29.7 Å². The van der Waals surface area contributed by atoms with Gasteiger partial charge in [0.15, 0.2) is 0 Å². The molecule has 0 aromatic carbocycles. The number of pyridine rings is 1. The highest BCUT2D eigenvalue weighted by Crippen LogP contribution is 2.46. The van der Waals surface area contributed by atoms with Gasteiger partial charge in [0, 0.05) is 18.4 Å². The molecule has 3 fully saturated rings. The van der Waals surface area contributed by atoms with Crippen LogP contribution in [0.15, 0.2) is 24.4 Å². The third kappa shape index (κ3) is 9.58. The van der Waals surface area contributed by atoms with Crippen molar-refractivity contribution in [2.75, 3.05) is 13.7 Å². The van der Waals surface area contributed by atoms with Crippen molar-refractivity contribution < 1.29 is 55.0 Å². The van der Waals surface area contributed by atoms with Gasteiger partial charge in [-0.25, -0.2) is 28.2 Å². The summed E-state index contributed by atoms with van der Waals surface area (Å²) >= 11 is 0. The number of alkyl halides is 3. The van der Waals surface area contributed by atoms with Gasteiger partial charge in [-0.05, 0) is 71.1 Å². The number of aromatic nitrogens is 3. The standard InChI is InChI=1S/C38H50F3N7O9S/c1-7-21-14-20(2)10-8-9-11-22-17-37(22,34(51)47-58(53,54)24-12-13-24)46-31(49)27-15-23(19-48(27)33(50)29(21)45-35(52)57-36(3,4)5)56-32-30(38(39,40)41)43-26-18-42-28(55-6)16-25(26)44-32/h9,11,16,18,20-24,27,29H,7-8,10,12-15,17,19H2,1-6H3,(H,45,52)(H,46,49)(H,47,51)/b11-9-/t20-,21-,22?,23-,27+,29+,37-/m1/s1. The molecule has 318 valence electrons. The molecule has 16 nitrogen and oxygen atoms in total. The Morgan fingerprint density at radius 3 is 2.45 bits per heavy atom. The highest BCUT2D eigenvalue weighted by molar-refractivity contribution is 7.91. The minimum absolute atomic E-state index is 0.0278. The second-order valence-corrected chi connectivity index (χ2v) is 18.6. The smallest absolute Gasteiger partial charge is 0.438 e. The Morgan fingerprint density at radius 1 is 1.09 bits per heavy atom. The van der Waals surface area contributed by atoms with Crippen LogP contribution in [0.5, 0.6) is 11.8 Å². The fourth-order valence-corrected chi connectivity index (χ4v) is 8.98. The Balaban J connectivity index is 1.39. The largest absolute Gasteiger partial charge is 0.481 e. The van der Waals surface area contributed by atoms with Crippen LogP contribution < -0.4 is 24.8 Å². The quantitative estimate of drug-likeness (QED) is 0.320. The third-order valence-electron chi connectivity index (χ3n) is 10.9. The van der Waals surface area contributed by atoms with Crippen LogP contribution in [-0.4, -0.2) is 100 Å². The Bertz CT molecular complexity index is 2080. The Morgan fingerprint density at radius 2 is 1.81 bits per heavy atom. The minimum atomic E-state index is -5.03. The number of rotatable bonds is 8. The molecular formula is C38H50F3N7O9S. The zero-order valence-electron chi connectivity index (χ0n) is 33.2. The summed E-state index contributed by atoms with van der Waals surface area (Å²) in [5, 5.41) is 4.73. The Labute approximate surface area is 334 Å². The number of halogens is 3. The average Bonchev–Trinajstić information content (AvgIpc) is 4.06. The van der Waals surface area contributed by atoms with Gasteiger partial charge in [0.1, 0.15) is 34.8 Å². The van der Waals surface area contributed by atoms with Gasteiger partial charge in [0.05, 0.1) is 30.6 Å². The van der Waals surface area contributed by atoms with Crippen LogP contribution in [-0.2, 0) is 35.3 Å². The summed E-state index contributed by atoms with van der Waals surface area (Å²) < 4.78 is 87.7. The summed E-state index contributed by atoms with van der Waals surface area (Å²) in [6.07, 6.45) is 0.190. The molecule has 4 aliphatic rings. The van der Waals surface area contributed by atoms with Crippen molar-refractivity contribution in [3.8, 4) is 11.8 Å². The van der Waals surface area contributed by atoms with Gasteiger partial charge in [0.25, 0.3) is 5.91 Å². The molecule has 2 aromatic heterocycles. The number of carbonyl (C=O) groups is 4. The van der Waals surface area contributed by atoms with Crippen molar-refractivity contribution >= 4 is 44.9 Å². The predicted octanol–water partition coefficient (Wildman–Crippen LogP) is 4.18. The number of sulfonamides is 1. The highest BCUT2D eigenvalue weighted by Gasteiger charge is 2.62. The molecule has 0 spiro atoms. The van der Waals surface area contributed by atoms with E-state index in [4.69, 9.17) is 14.2 Å². The van der Waals surface area contributed by atoms with E-state index < -0.39 is 105 Å². The second kappa shape index (κ2) is 16.1. The fraction of sp³-hybridized carbons (Fsp3) is 0.658. The van der Waals surface area contributed by atoms with E-state index in [1.54, 1.807) is 26.8 Å². The molecule has 58 heavy (non-hydrogen) atoms. The lowest BCUT2D eigenvalue weighted by atomic mass is 9.85. The lowest BCUT2D eigenvalue weighted by Gasteiger charge is -2.34. The van der Waals surface area contributed by atoms with E-state index in [1.165, 1.54) is 13.2 Å². The normalized spacial score (nSPS) is 28.9. The van der Waals surface area contributed by atoms with Crippen molar-refractivity contribution in [3.63, 3.8) is 0 Å². The highest BCUT2D eigenvalue weighted by atomic mass is 32.2. The first-order chi connectivity index (χ1) is 27.1. The molecule has 4 heterocycles. The number of nitrogens with one attached hydrogen (secondary N) is 3. The number of allylic oxidation sites excluding steroid dienone is 1. The molecule has 1 unspecified atom stereocenters. The zero-order chi connectivity index (χ0) is 42.4. The lowest BCUT2D eigenvalue weighted by molar-refractivity contribution is -0.143. The number of ether oxygens (including phenoxy) is 3. The molecule has 7 atom stereocenters. The van der Waals surface area contributed by atoms with E-state index in [-0.39, 0.29) is 35.7 Å². The lowest BCUT2D eigenvalue weighted by Crippen LogP contribution is -2.59. The minimum Gasteiger partial charge on any atom is -0.481 e. The number of amides is 4. The monoisotopic (exact) mass is 837 g/mol. The van der Waals surface area contributed by atoms with E-state index >= 15 is 0 Å². The predicted molar refractivity (Wildman–Crippen MR) is 202 cm³/mol. The molecular weight excluding hydrogens is 788 g/mol. The average molecular weight is 838 g/mol. The van der Waals surface area contributed by atoms with Crippen LogP contribution in [0, 0.1) is 17.8 Å². The fourth-order valence-electron chi connectivity index (χ4n) is 7.61. The maximum absolute atomic E-state index is 14.9. The van der Waals surface area contributed by atoms with Crippen LogP contribution in [0.1, 0.15) is 91.7 Å². The van der Waals surface area contributed by atoms with Crippen LogP contribution in [0.3, 0.4) is 0 Å². The zero-order valence-corrected chi connectivity index (χ0v) is 34.0. The van der Waals surface area contributed by atoms with Crippen LogP contribution in [0.4, 0.5) is 18.0 Å². The van der Waals surface area contributed by atoms with Gasteiger partial charge in [-0.3, -0.25) is 19.1 Å². The first kappa shape index (κ1) is 42.8. The first-order valence-corrected chi connectivity index (χ1v) is 21.0. The van der Waals surface area contributed by atoms with Crippen molar-refractivity contribution in [2.24, 2.45) is 17.8 Å². The SMILES string of the molecule is CC[C@@H]1C[C@H](C)CC/C=C\C2C[C@@]2(C(=O)NS(=O)(=O)C2CC2)NC(=O)[C@@H]2C[C@@H](Oc3nc4cc(OC)ncc4nc3C(F)(F)F)CN2C(=O)[C@H]1NC(=O)OC(C)(C)C. The number of hydrogen-bond donors (Lipinski definition) is 3. The molecule has 1 saturated heterocycles. The molecule has 2 saturated carbocycles. The maximum atomic E-state index is 14.9. The van der Waals surface area contributed by atoms with Crippen molar-refractivity contribution in [1.29, 1.82) is 0 Å². The summed E-state index contributed by atoms with van der Waals surface area (Å²) in [7, 11) is -2.69. The third-order valence-corrected chi connectivity index (χ3v) is 12.7. The van der Waals surface area contributed by atoms with E-state index in [9.17, 15) is 40.8 Å². The summed E-state index contributed by atoms with van der Waals surface area (Å²) in [5.74, 6) is -4.36. The summed E-state index contributed by atoms with van der Waals surface area (Å²) in [4.78, 5) is 69.2. The number of carbonyl (C=O) groups excluding carboxylic acids is 4. The molecule has 2 aliphatic heterocycles. The van der Waals surface area contributed by atoms with E-state index in [0.717, 1.165) is 11.1 Å². The molecule has 3 N–H and O–H groups in total. The number of hydrogen-bond acceptors (Lipinski definition) is 12. The Kier molecular flexibility index (Phi) is 11.9. The molecule has 2 aromatic rings. The van der Waals surface area contributed by atoms with Crippen molar-refractivity contribution in [3.05, 3.63) is 30.1 Å². The molecule has 0 bridgehead atoms. The van der Waals surface area contributed by atoms with Crippen LogP contribution >= 0.6 is 0 Å². The number of alkyl carbamates (subject to hydrolysis) is 1. The van der Waals surface area contributed by atoms with Crippen LogP contribution in [0.2, 0.25) is 0 Å². The van der Waals surface area contributed by atoms with Gasteiger partial charge in [-0.15, -0.1) is 0 Å². The van der Waals surface area contributed by atoms with E-state index in [1.807, 2.05) is 19.9 Å². The maximum Gasteiger partial charge on any atom is 0.438 e. The number of methoxy groups -OCH3 is 1. The van der Waals surface area contributed by atoms with Crippen molar-refractivity contribution in [2.45, 2.75) is 127 Å². The summed E-state index contributed by atoms with van der Waals surface area (Å²) in [5.41, 5.74) is -4.29. The summed E-state index contributed by atoms with van der Waals surface area (Å²) in [6, 6.07) is -1.40. The molecule has 4 amide bonds. The van der Waals surface area contributed by atoms with Gasteiger partial charge in [-0.2, -0.15) is 13.2 Å². The van der Waals surface area contributed by atoms with Crippen molar-refractivity contribution in [1.82, 2.24) is 35.2 Å². The van der Waals surface area contributed by atoms with E-state index in [0.29, 0.717) is 38.5 Å².